The maximum Gasteiger partial charge on any atom is 0.262 e. The van der Waals surface area contributed by atoms with E-state index in [0.717, 1.165) is 34.7 Å². The molecule has 0 aliphatic carbocycles. The molecule has 0 aromatic heterocycles. The number of likely N-dealkylation sites (N-methyl/N-ethyl adjacent to an activating group) is 1. The van der Waals surface area contributed by atoms with Crippen molar-refractivity contribution in [2.75, 3.05) is 29.8 Å². The van der Waals surface area contributed by atoms with E-state index in [2.05, 4.69) is 9.62 Å². The number of anilines is 2. The number of benzene rings is 2. The van der Waals surface area contributed by atoms with E-state index in [1.54, 1.807) is 12.1 Å². The topological polar surface area (TPSA) is 58.6 Å². The minimum absolute atomic E-state index is 0.343. The number of nitrogens with zero attached hydrogens (tertiary/aromatic N) is 1. The van der Waals surface area contributed by atoms with Crippen molar-refractivity contribution < 1.29 is 13.2 Å². The van der Waals surface area contributed by atoms with Crippen molar-refractivity contribution in [1.29, 1.82) is 0 Å². The van der Waals surface area contributed by atoms with Crippen molar-refractivity contribution >= 4 is 21.4 Å². The maximum absolute atomic E-state index is 12.8. The third-order valence-corrected chi connectivity index (χ3v) is 5.87. The molecule has 0 atom stereocenters. The Hall–Kier alpha value is -2.21. The highest BCUT2D eigenvalue weighted by molar-refractivity contribution is 7.92. The number of ether oxygens (including phenoxy) is 1. The van der Waals surface area contributed by atoms with Crippen LogP contribution in [0.2, 0.25) is 0 Å². The fourth-order valence-electron chi connectivity index (χ4n) is 3.21. The molecule has 0 amide bonds. The van der Waals surface area contributed by atoms with Gasteiger partial charge in [0.2, 0.25) is 0 Å². The first-order valence-corrected chi connectivity index (χ1v) is 9.35. The Bertz CT molecular complexity index is 868. The van der Waals surface area contributed by atoms with Gasteiger partial charge in [0.1, 0.15) is 12.4 Å². The zero-order valence-corrected chi connectivity index (χ0v) is 15.2. The molecule has 24 heavy (non-hydrogen) atoms. The second-order valence-corrected chi connectivity index (χ2v) is 7.91. The first kappa shape index (κ1) is 16.6. The van der Waals surface area contributed by atoms with Crippen molar-refractivity contribution in [3.05, 3.63) is 47.0 Å². The fraction of sp³-hybridized carbons (Fsp3) is 0.333. The predicted octanol–water partition coefficient (Wildman–Crippen LogP) is 3.24. The van der Waals surface area contributed by atoms with Gasteiger partial charge in [0.05, 0.1) is 22.8 Å². The van der Waals surface area contributed by atoms with Crippen LogP contribution in [0.15, 0.2) is 35.2 Å². The second-order valence-electron chi connectivity index (χ2n) is 6.29. The van der Waals surface area contributed by atoms with Gasteiger partial charge in [-0.25, -0.2) is 8.42 Å². The second kappa shape index (κ2) is 6.02. The van der Waals surface area contributed by atoms with Crippen LogP contribution in [0.5, 0.6) is 5.75 Å². The van der Waals surface area contributed by atoms with Gasteiger partial charge in [0, 0.05) is 7.05 Å². The molecule has 1 heterocycles. The van der Waals surface area contributed by atoms with Gasteiger partial charge in [-0.3, -0.25) is 4.72 Å². The van der Waals surface area contributed by atoms with Gasteiger partial charge in [0.15, 0.2) is 0 Å². The highest BCUT2D eigenvalue weighted by Crippen LogP contribution is 2.34. The first-order valence-electron chi connectivity index (χ1n) is 7.86. The Morgan fingerprint density at radius 1 is 1.08 bits per heavy atom. The normalized spacial score (nSPS) is 14.1. The summed E-state index contributed by atoms with van der Waals surface area (Å²) in [5, 5.41) is 0. The lowest BCUT2D eigenvalue weighted by Crippen LogP contribution is -2.28. The largest absolute Gasteiger partial charge is 0.490 e. The summed E-state index contributed by atoms with van der Waals surface area (Å²) in [6.07, 6.45) is 0. The number of sulfonamides is 1. The van der Waals surface area contributed by atoms with E-state index in [1.807, 2.05) is 46.0 Å². The Kier molecular flexibility index (Phi) is 4.17. The quantitative estimate of drug-likeness (QED) is 0.927. The standard InChI is InChI=1S/C18H22N2O3S/c1-12-9-13(2)18(14(3)10-12)24(21,22)19-15-5-6-17-16(11-15)20(4)7-8-23-17/h5-6,9-11,19H,7-8H2,1-4H3. The Balaban J connectivity index is 1.98. The highest BCUT2D eigenvalue weighted by Gasteiger charge is 2.22. The molecular formula is C18H22N2O3S. The zero-order valence-electron chi connectivity index (χ0n) is 14.4. The fourth-order valence-corrected chi connectivity index (χ4v) is 4.72. The molecular weight excluding hydrogens is 324 g/mol. The third kappa shape index (κ3) is 3.06. The molecule has 5 nitrogen and oxygen atoms in total. The van der Waals surface area contributed by atoms with Gasteiger partial charge in [-0.05, 0) is 50.1 Å². The summed E-state index contributed by atoms with van der Waals surface area (Å²) in [6, 6.07) is 9.11. The molecule has 0 bridgehead atoms. The highest BCUT2D eigenvalue weighted by atomic mass is 32.2. The SMILES string of the molecule is Cc1cc(C)c(S(=O)(=O)Nc2ccc3c(c2)N(C)CCO3)c(C)c1. The van der Waals surface area contributed by atoms with Crippen molar-refractivity contribution in [1.82, 2.24) is 0 Å². The average Bonchev–Trinajstić information content (AvgIpc) is 2.46. The molecule has 0 saturated heterocycles. The van der Waals surface area contributed by atoms with Crippen LogP contribution >= 0.6 is 0 Å². The van der Waals surface area contributed by atoms with Gasteiger partial charge >= 0.3 is 0 Å². The number of hydrogen-bond acceptors (Lipinski definition) is 4. The smallest absolute Gasteiger partial charge is 0.262 e. The summed E-state index contributed by atoms with van der Waals surface area (Å²) in [7, 11) is -1.68. The first-order chi connectivity index (χ1) is 11.3. The van der Waals surface area contributed by atoms with E-state index < -0.39 is 10.0 Å². The van der Waals surface area contributed by atoms with E-state index in [0.29, 0.717) is 17.2 Å². The van der Waals surface area contributed by atoms with Crippen LogP contribution in [0.4, 0.5) is 11.4 Å². The van der Waals surface area contributed by atoms with Crippen LogP contribution in [0, 0.1) is 20.8 Å². The van der Waals surface area contributed by atoms with Crippen LogP contribution in [0.3, 0.4) is 0 Å². The van der Waals surface area contributed by atoms with Crippen LogP contribution in [0.25, 0.3) is 0 Å². The molecule has 128 valence electrons. The molecule has 1 aliphatic rings. The van der Waals surface area contributed by atoms with Gasteiger partial charge in [-0.1, -0.05) is 17.7 Å². The molecule has 3 rings (SSSR count). The molecule has 0 unspecified atom stereocenters. The number of hydrogen-bond donors (Lipinski definition) is 1. The molecule has 1 N–H and O–H groups in total. The summed E-state index contributed by atoms with van der Waals surface area (Å²) in [6.45, 7) is 7.02. The molecule has 0 fully saturated rings. The number of fused-ring (bicyclic) bond motifs is 1. The summed E-state index contributed by atoms with van der Waals surface area (Å²) in [4.78, 5) is 2.40. The molecule has 1 aliphatic heterocycles. The van der Waals surface area contributed by atoms with Crippen LogP contribution < -0.4 is 14.4 Å². The van der Waals surface area contributed by atoms with E-state index >= 15 is 0 Å². The van der Waals surface area contributed by atoms with Gasteiger partial charge in [-0.2, -0.15) is 0 Å². The van der Waals surface area contributed by atoms with E-state index in [1.165, 1.54) is 0 Å². The van der Waals surface area contributed by atoms with E-state index in [9.17, 15) is 8.42 Å². The van der Waals surface area contributed by atoms with Crippen LogP contribution in [0.1, 0.15) is 16.7 Å². The average molecular weight is 346 g/mol. The molecule has 0 spiro atoms. The molecule has 6 heteroatoms. The Labute approximate surface area is 143 Å². The maximum atomic E-state index is 12.8. The van der Waals surface area contributed by atoms with Crippen LogP contribution in [-0.2, 0) is 10.0 Å². The molecule has 2 aromatic rings. The Morgan fingerprint density at radius 3 is 2.42 bits per heavy atom. The van der Waals surface area contributed by atoms with Crippen molar-refractivity contribution in [2.45, 2.75) is 25.7 Å². The summed E-state index contributed by atoms with van der Waals surface area (Å²) < 4.78 is 34.0. The summed E-state index contributed by atoms with van der Waals surface area (Å²) in [5.41, 5.74) is 3.97. The minimum atomic E-state index is -3.64. The summed E-state index contributed by atoms with van der Waals surface area (Å²) >= 11 is 0. The van der Waals surface area contributed by atoms with Crippen molar-refractivity contribution in [3.8, 4) is 5.75 Å². The molecule has 0 radical (unpaired) electrons. The molecule has 0 saturated carbocycles. The van der Waals surface area contributed by atoms with E-state index in [-0.39, 0.29) is 0 Å². The lowest BCUT2D eigenvalue weighted by molar-refractivity contribution is 0.311. The van der Waals surface area contributed by atoms with Crippen molar-refractivity contribution in [3.63, 3.8) is 0 Å². The minimum Gasteiger partial charge on any atom is -0.490 e. The van der Waals surface area contributed by atoms with Gasteiger partial charge in [0.25, 0.3) is 10.0 Å². The van der Waals surface area contributed by atoms with Gasteiger partial charge in [-0.15, -0.1) is 0 Å². The van der Waals surface area contributed by atoms with Gasteiger partial charge < -0.3 is 9.64 Å². The summed E-state index contributed by atoms with van der Waals surface area (Å²) in [5.74, 6) is 0.773. The number of nitrogens with one attached hydrogen (secondary N) is 1. The molecule has 2 aromatic carbocycles. The monoisotopic (exact) mass is 346 g/mol. The van der Waals surface area contributed by atoms with E-state index in [4.69, 9.17) is 4.74 Å². The predicted molar refractivity (Wildman–Crippen MR) is 96.7 cm³/mol. The lowest BCUT2D eigenvalue weighted by Gasteiger charge is -2.28. The van der Waals surface area contributed by atoms with Crippen LogP contribution in [-0.4, -0.2) is 28.6 Å². The Morgan fingerprint density at radius 2 is 1.75 bits per heavy atom. The zero-order chi connectivity index (χ0) is 17.5. The lowest BCUT2D eigenvalue weighted by atomic mass is 10.1. The third-order valence-electron chi connectivity index (χ3n) is 4.18. The number of rotatable bonds is 3. The number of aryl methyl sites for hydroxylation is 3. The van der Waals surface area contributed by atoms with Crippen molar-refractivity contribution in [2.24, 2.45) is 0 Å².